The zero-order valence-corrected chi connectivity index (χ0v) is 10.2. The normalized spacial score (nSPS) is 23.0. The van der Waals surface area contributed by atoms with E-state index in [0.717, 1.165) is 18.5 Å². The molecule has 0 unspecified atom stereocenters. The van der Waals surface area contributed by atoms with Crippen LogP contribution in [0.3, 0.4) is 0 Å². The van der Waals surface area contributed by atoms with E-state index in [1.54, 1.807) is 13.0 Å². The molecule has 1 aliphatic carbocycles. The van der Waals surface area contributed by atoms with E-state index in [2.05, 4.69) is 15.5 Å². The highest BCUT2D eigenvalue weighted by Gasteiger charge is 2.26. The average Bonchev–Trinajstić information content (AvgIpc) is 2.26. The van der Waals surface area contributed by atoms with Gasteiger partial charge in [-0.05, 0) is 38.7 Å². The molecular weight excluding hydrogens is 216 g/mol. The first-order chi connectivity index (χ1) is 8.06. The van der Waals surface area contributed by atoms with Crippen molar-refractivity contribution in [2.45, 2.75) is 32.7 Å². The van der Waals surface area contributed by atoms with Gasteiger partial charge in [-0.15, -0.1) is 0 Å². The van der Waals surface area contributed by atoms with Gasteiger partial charge in [0.2, 0.25) is 0 Å². The van der Waals surface area contributed by atoms with Crippen molar-refractivity contribution in [2.24, 2.45) is 11.7 Å². The number of nitrogens with zero attached hydrogens (tertiary/aromatic N) is 2. The second kappa shape index (κ2) is 4.79. The Balaban J connectivity index is 1.92. The second-order valence-electron chi connectivity index (χ2n) is 4.79. The largest absolute Gasteiger partial charge is 0.352 e. The highest BCUT2D eigenvalue weighted by molar-refractivity contribution is 5.95. The average molecular weight is 234 g/mol. The van der Waals surface area contributed by atoms with E-state index in [0.29, 0.717) is 29.8 Å². The van der Waals surface area contributed by atoms with Crippen LogP contribution in [0.25, 0.3) is 0 Å². The summed E-state index contributed by atoms with van der Waals surface area (Å²) in [5.74, 6) is 0.464. The molecule has 5 nitrogen and oxygen atoms in total. The van der Waals surface area contributed by atoms with Gasteiger partial charge in [0.1, 0.15) is 0 Å². The van der Waals surface area contributed by atoms with Gasteiger partial charge < -0.3 is 11.1 Å². The lowest BCUT2D eigenvalue weighted by molar-refractivity contribution is 0.0934. The van der Waals surface area contributed by atoms with Crippen LogP contribution in [-0.2, 0) is 0 Å². The molecule has 0 aliphatic heterocycles. The third-order valence-electron chi connectivity index (χ3n) is 3.17. The van der Waals surface area contributed by atoms with Crippen molar-refractivity contribution in [3.63, 3.8) is 0 Å². The first kappa shape index (κ1) is 12.0. The summed E-state index contributed by atoms with van der Waals surface area (Å²) < 4.78 is 0. The van der Waals surface area contributed by atoms with Gasteiger partial charge in [0.15, 0.2) is 0 Å². The molecule has 0 saturated heterocycles. The Kier molecular flexibility index (Phi) is 3.38. The van der Waals surface area contributed by atoms with Crippen LogP contribution >= 0.6 is 0 Å². The molecule has 1 aromatic heterocycles. The molecule has 0 aromatic carbocycles. The Morgan fingerprint density at radius 2 is 2.18 bits per heavy atom. The Labute approximate surface area is 101 Å². The number of hydrogen-bond donors (Lipinski definition) is 2. The molecule has 0 spiro atoms. The molecule has 2 rings (SSSR count). The van der Waals surface area contributed by atoms with Gasteiger partial charge in [-0.3, -0.25) is 4.79 Å². The quantitative estimate of drug-likeness (QED) is 0.800. The number of rotatable bonds is 3. The number of aryl methyl sites for hydroxylation is 2. The molecule has 1 heterocycles. The van der Waals surface area contributed by atoms with Gasteiger partial charge in [0.25, 0.3) is 5.91 Å². The first-order valence-electron chi connectivity index (χ1n) is 5.91. The van der Waals surface area contributed by atoms with E-state index in [1.807, 2.05) is 6.92 Å². The molecule has 0 bridgehead atoms. The van der Waals surface area contributed by atoms with Crippen molar-refractivity contribution in [1.82, 2.24) is 15.5 Å². The highest BCUT2D eigenvalue weighted by atomic mass is 16.1. The minimum Gasteiger partial charge on any atom is -0.352 e. The van der Waals surface area contributed by atoms with E-state index in [4.69, 9.17) is 5.73 Å². The lowest BCUT2D eigenvalue weighted by atomic mass is 9.81. The van der Waals surface area contributed by atoms with Crippen molar-refractivity contribution in [2.75, 3.05) is 6.54 Å². The fourth-order valence-corrected chi connectivity index (χ4v) is 2.07. The van der Waals surface area contributed by atoms with Gasteiger partial charge >= 0.3 is 0 Å². The molecule has 1 amide bonds. The minimum atomic E-state index is -0.0685. The van der Waals surface area contributed by atoms with Crippen molar-refractivity contribution in [3.05, 3.63) is 23.0 Å². The highest BCUT2D eigenvalue weighted by Crippen LogP contribution is 2.24. The van der Waals surface area contributed by atoms with Crippen LogP contribution < -0.4 is 11.1 Å². The third kappa shape index (κ3) is 2.79. The molecule has 17 heavy (non-hydrogen) atoms. The van der Waals surface area contributed by atoms with Gasteiger partial charge in [-0.1, -0.05) is 0 Å². The number of carbonyl (C=O) groups is 1. The molecule has 1 fully saturated rings. The summed E-state index contributed by atoms with van der Waals surface area (Å²) in [6.45, 7) is 4.32. The van der Waals surface area contributed by atoms with E-state index in [1.165, 1.54) is 0 Å². The van der Waals surface area contributed by atoms with Crippen LogP contribution in [0, 0.1) is 19.8 Å². The molecule has 1 aromatic rings. The molecule has 0 radical (unpaired) electrons. The maximum Gasteiger partial charge on any atom is 0.253 e. The molecule has 1 aliphatic rings. The number of amides is 1. The van der Waals surface area contributed by atoms with E-state index in [-0.39, 0.29) is 5.91 Å². The maximum absolute atomic E-state index is 11.9. The lowest BCUT2D eigenvalue weighted by Gasteiger charge is -2.32. The lowest BCUT2D eigenvalue weighted by Crippen LogP contribution is -2.42. The zero-order chi connectivity index (χ0) is 12.4. The summed E-state index contributed by atoms with van der Waals surface area (Å²) >= 11 is 0. The SMILES string of the molecule is Cc1cc(C(=O)NCC2CC(N)C2)c(C)nn1. The maximum atomic E-state index is 11.9. The second-order valence-corrected chi connectivity index (χ2v) is 4.79. The fourth-order valence-electron chi connectivity index (χ4n) is 2.07. The Morgan fingerprint density at radius 3 is 2.82 bits per heavy atom. The Morgan fingerprint density at radius 1 is 1.47 bits per heavy atom. The standard InChI is InChI=1S/C12H18N4O/c1-7-3-11(8(2)16-15-7)12(17)14-6-9-4-10(13)5-9/h3,9-10H,4-6,13H2,1-2H3,(H,14,17). The summed E-state index contributed by atoms with van der Waals surface area (Å²) in [5.41, 5.74) is 7.73. The monoisotopic (exact) mass is 234 g/mol. The molecule has 1 saturated carbocycles. The van der Waals surface area contributed by atoms with E-state index >= 15 is 0 Å². The van der Waals surface area contributed by atoms with Gasteiger partial charge in [0, 0.05) is 12.6 Å². The first-order valence-corrected chi connectivity index (χ1v) is 5.91. The summed E-state index contributed by atoms with van der Waals surface area (Å²) in [6, 6.07) is 2.09. The number of hydrogen-bond acceptors (Lipinski definition) is 4. The van der Waals surface area contributed by atoms with Crippen molar-refractivity contribution >= 4 is 5.91 Å². The molecule has 3 N–H and O–H groups in total. The van der Waals surface area contributed by atoms with E-state index < -0.39 is 0 Å². The fraction of sp³-hybridized carbons (Fsp3) is 0.583. The summed E-state index contributed by atoms with van der Waals surface area (Å²) in [4.78, 5) is 11.9. The molecular formula is C12H18N4O. The van der Waals surface area contributed by atoms with Gasteiger partial charge in [-0.25, -0.2) is 0 Å². The van der Waals surface area contributed by atoms with Crippen LogP contribution in [-0.4, -0.2) is 28.7 Å². The summed E-state index contributed by atoms with van der Waals surface area (Å²) in [7, 11) is 0. The predicted molar refractivity (Wildman–Crippen MR) is 64.5 cm³/mol. The van der Waals surface area contributed by atoms with Crippen LogP contribution in [0.2, 0.25) is 0 Å². The van der Waals surface area contributed by atoms with Gasteiger partial charge in [-0.2, -0.15) is 10.2 Å². The zero-order valence-electron chi connectivity index (χ0n) is 10.2. The van der Waals surface area contributed by atoms with Crippen LogP contribution in [0.4, 0.5) is 0 Å². The van der Waals surface area contributed by atoms with Gasteiger partial charge in [0.05, 0.1) is 17.0 Å². The number of carbonyl (C=O) groups excluding carboxylic acids is 1. The number of nitrogens with two attached hydrogens (primary N) is 1. The molecule has 92 valence electrons. The summed E-state index contributed by atoms with van der Waals surface area (Å²) in [6.07, 6.45) is 2.01. The van der Waals surface area contributed by atoms with E-state index in [9.17, 15) is 4.79 Å². The molecule has 0 atom stereocenters. The topological polar surface area (TPSA) is 80.9 Å². The van der Waals surface area contributed by atoms with Crippen LogP contribution in [0.1, 0.15) is 34.6 Å². The van der Waals surface area contributed by atoms with Crippen LogP contribution in [0.15, 0.2) is 6.07 Å². The van der Waals surface area contributed by atoms with Crippen molar-refractivity contribution < 1.29 is 4.79 Å². The summed E-state index contributed by atoms with van der Waals surface area (Å²) in [5, 5.41) is 10.8. The number of aromatic nitrogens is 2. The Hall–Kier alpha value is -1.49. The number of nitrogens with one attached hydrogen (secondary N) is 1. The molecule has 5 heteroatoms. The van der Waals surface area contributed by atoms with Crippen molar-refractivity contribution in [1.29, 1.82) is 0 Å². The minimum absolute atomic E-state index is 0.0685. The Bertz CT molecular complexity index is 427. The predicted octanol–water partition coefficient (Wildman–Crippen LogP) is 0.561. The van der Waals surface area contributed by atoms with Crippen LogP contribution in [0.5, 0.6) is 0 Å². The smallest absolute Gasteiger partial charge is 0.253 e. The third-order valence-corrected chi connectivity index (χ3v) is 3.17. The van der Waals surface area contributed by atoms with Crippen molar-refractivity contribution in [3.8, 4) is 0 Å².